The number of benzene rings is 1. The molecule has 1 saturated heterocycles. The molecule has 3 heterocycles. The second kappa shape index (κ2) is 10.9. The second-order valence-electron chi connectivity index (χ2n) is 9.03. The van der Waals surface area contributed by atoms with Gasteiger partial charge in [-0.2, -0.15) is 0 Å². The van der Waals surface area contributed by atoms with Crippen molar-refractivity contribution in [2.24, 2.45) is 11.8 Å². The van der Waals surface area contributed by atoms with Gasteiger partial charge in [0, 0.05) is 30.6 Å². The van der Waals surface area contributed by atoms with Gasteiger partial charge in [-0.15, -0.1) is 11.3 Å². The van der Waals surface area contributed by atoms with E-state index < -0.39 is 0 Å². The van der Waals surface area contributed by atoms with Gasteiger partial charge in [-0.1, -0.05) is 18.2 Å². The van der Waals surface area contributed by atoms with Crippen LogP contribution in [0.15, 0.2) is 53.4 Å². The largest absolute Gasteiger partial charge is 0.493 e. The summed E-state index contributed by atoms with van der Waals surface area (Å²) in [5, 5.41) is 4.78. The summed E-state index contributed by atoms with van der Waals surface area (Å²) >= 11 is 1.49. The fraction of sp³-hybridized carbons (Fsp3) is 0.423. The van der Waals surface area contributed by atoms with E-state index in [1.165, 1.54) is 24.2 Å². The van der Waals surface area contributed by atoms with Gasteiger partial charge in [0.1, 0.15) is 18.2 Å². The lowest BCUT2D eigenvalue weighted by Gasteiger charge is -2.33. The Morgan fingerprint density at radius 3 is 2.74 bits per heavy atom. The molecule has 178 valence electrons. The minimum Gasteiger partial charge on any atom is -0.493 e. The molecule has 2 aromatic heterocycles. The van der Waals surface area contributed by atoms with Crippen molar-refractivity contribution in [3.8, 4) is 17.0 Å². The minimum absolute atomic E-state index is 0.214. The van der Waals surface area contributed by atoms with Crippen LogP contribution in [0.3, 0.4) is 0 Å². The van der Waals surface area contributed by atoms with Gasteiger partial charge in [-0.3, -0.25) is 0 Å². The first-order chi connectivity index (χ1) is 16.7. The minimum atomic E-state index is -0.381. The van der Waals surface area contributed by atoms with Gasteiger partial charge in [0.2, 0.25) is 0 Å². The van der Waals surface area contributed by atoms with Crippen LogP contribution < -0.4 is 15.0 Å². The molecule has 34 heavy (non-hydrogen) atoms. The lowest BCUT2D eigenvalue weighted by atomic mass is 9.97. The molecule has 1 N–H and O–H groups in total. The Labute approximate surface area is 204 Å². The van der Waals surface area contributed by atoms with Crippen LogP contribution in [0.2, 0.25) is 0 Å². The number of rotatable bonds is 9. The molecule has 0 atom stereocenters. The Kier molecular flexibility index (Phi) is 7.24. The van der Waals surface area contributed by atoms with Crippen LogP contribution in [-0.2, 0) is 11.3 Å². The summed E-state index contributed by atoms with van der Waals surface area (Å²) in [5.74, 6) is 3.08. The monoisotopic (exact) mass is 478 g/mol. The first kappa shape index (κ1) is 22.7. The van der Waals surface area contributed by atoms with Crippen molar-refractivity contribution in [1.29, 1.82) is 0 Å². The zero-order valence-electron chi connectivity index (χ0n) is 19.2. The molecule has 2 aliphatic rings. The summed E-state index contributed by atoms with van der Waals surface area (Å²) in [6.07, 6.45) is 4.19. The predicted octanol–water partition coefficient (Wildman–Crippen LogP) is 5.14. The van der Waals surface area contributed by atoms with E-state index in [9.17, 15) is 4.79 Å². The van der Waals surface area contributed by atoms with E-state index in [1.807, 2.05) is 17.5 Å². The second-order valence-corrected chi connectivity index (χ2v) is 9.75. The molecular weight excluding hydrogens is 448 g/mol. The van der Waals surface area contributed by atoms with Crippen LogP contribution in [0.4, 0.5) is 10.6 Å². The first-order valence-corrected chi connectivity index (χ1v) is 12.9. The topological polar surface area (TPSA) is 76.6 Å². The van der Waals surface area contributed by atoms with Crippen molar-refractivity contribution in [1.82, 2.24) is 15.3 Å². The van der Waals surface area contributed by atoms with Crippen LogP contribution in [0.1, 0.15) is 31.4 Å². The predicted molar refractivity (Wildman–Crippen MR) is 133 cm³/mol. The molecule has 0 unspecified atom stereocenters. The number of anilines is 1. The SMILES string of the molecule is O=C(NCC1CCN(c2cccc(-c3cccc(OCC4CC4)c3)n2)CC1)OCc1cscn1. The van der Waals surface area contributed by atoms with Crippen LogP contribution in [0.25, 0.3) is 11.3 Å². The number of aromatic nitrogens is 2. The van der Waals surface area contributed by atoms with E-state index in [0.29, 0.717) is 12.5 Å². The number of piperidine rings is 1. The van der Waals surface area contributed by atoms with Crippen LogP contribution in [0.5, 0.6) is 5.75 Å². The van der Waals surface area contributed by atoms with Crippen molar-refractivity contribution < 1.29 is 14.3 Å². The Morgan fingerprint density at radius 2 is 1.94 bits per heavy atom. The molecule has 1 aliphatic carbocycles. The molecule has 0 radical (unpaired) electrons. The number of hydrogen-bond donors (Lipinski definition) is 1. The van der Waals surface area contributed by atoms with Crippen molar-refractivity contribution in [3.05, 3.63) is 59.0 Å². The van der Waals surface area contributed by atoms with Gasteiger partial charge in [-0.25, -0.2) is 14.8 Å². The molecule has 8 heteroatoms. The van der Waals surface area contributed by atoms with Gasteiger partial charge in [0.05, 0.1) is 23.5 Å². The molecule has 1 aliphatic heterocycles. The van der Waals surface area contributed by atoms with Gasteiger partial charge in [-0.05, 0) is 61.8 Å². The highest BCUT2D eigenvalue weighted by Crippen LogP contribution is 2.31. The number of pyridine rings is 1. The fourth-order valence-corrected chi connectivity index (χ4v) is 4.64. The van der Waals surface area contributed by atoms with Gasteiger partial charge in [0.15, 0.2) is 0 Å². The molecule has 2 fully saturated rings. The highest BCUT2D eigenvalue weighted by molar-refractivity contribution is 7.07. The Hall–Kier alpha value is -3.13. The summed E-state index contributed by atoms with van der Waals surface area (Å²) in [4.78, 5) is 23.3. The summed E-state index contributed by atoms with van der Waals surface area (Å²) in [6.45, 7) is 3.49. The number of carbonyl (C=O) groups is 1. The summed E-state index contributed by atoms with van der Waals surface area (Å²) in [5.41, 5.74) is 4.54. The highest BCUT2D eigenvalue weighted by Gasteiger charge is 2.22. The van der Waals surface area contributed by atoms with E-state index in [1.54, 1.807) is 5.51 Å². The average Bonchev–Trinajstić information content (AvgIpc) is 3.57. The Bertz CT molecular complexity index is 1080. The van der Waals surface area contributed by atoms with Gasteiger partial charge in [0.25, 0.3) is 0 Å². The smallest absolute Gasteiger partial charge is 0.407 e. The number of amides is 1. The Morgan fingerprint density at radius 1 is 1.09 bits per heavy atom. The number of alkyl carbamates (subject to hydrolysis) is 1. The zero-order chi connectivity index (χ0) is 23.2. The molecule has 0 bridgehead atoms. The van der Waals surface area contributed by atoms with Gasteiger partial charge >= 0.3 is 6.09 Å². The number of ether oxygens (including phenoxy) is 2. The van der Waals surface area contributed by atoms with Crippen LogP contribution >= 0.6 is 11.3 Å². The molecule has 5 rings (SSSR count). The molecule has 3 aromatic rings. The van der Waals surface area contributed by atoms with E-state index in [-0.39, 0.29) is 12.7 Å². The fourth-order valence-electron chi connectivity index (χ4n) is 4.10. The first-order valence-electron chi connectivity index (χ1n) is 12.0. The third-order valence-electron chi connectivity index (χ3n) is 6.36. The van der Waals surface area contributed by atoms with E-state index >= 15 is 0 Å². The standard InChI is InChI=1S/C26H30N4O3S/c31-26(33-16-22-17-34-18-28-22)27-14-19-9-11-30(12-10-19)25-6-2-5-24(29-25)21-3-1-4-23(13-21)32-15-20-7-8-20/h1-6,13,17-20H,7-12,14-16H2,(H,27,31). The van der Waals surface area contributed by atoms with Crippen molar-refractivity contribution in [3.63, 3.8) is 0 Å². The summed E-state index contributed by atoms with van der Waals surface area (Å²) < 4.78 is 11.2. The summed E-state index contributed by atoms with van der Waals surface area (Å²) in [6, 6.07) is 14.4. The third-order valence-corrected chi connectivity index (χ3v) is 6.99. The van der Waals surface area contributed by atoms with E-state index in [4.69, 9.17) is 14.5 Å². The molecular formula is C26H30N4O3S. The number of nitrogens with zero attached hydrogens (tertiary/aromatic N) is 3. The van der Waals surface area contributed by atoms with Crippen molar-refractivity contribution in [2.75, 3.05) is 31.1 Å². The number of nitrogens with one attached hydrogen (secondary N) is 1. The number of hydrogen-bond acceptors (Lipinski definition) is 7. The summed E-state index contributed by atoms with van der Waals surface area (Å²) in [7, 11) is 0. The molecule has 1 saturated carbocycles. The maximum Gasteiger partial charge on any atom is 0.407 e. The highest BCUT2D eigenvalue weighted by atomic mass is 32.1. The normalized spacial score (nSPS) is 16.3. The quantitative estimate of drug-likeness (QED) is 0.459. The molecule has 1 amide bonds. The van der Waals surface area contributed by atoms with Crippen LogP contribution in [0, 0.1) is 11.8 Å². The maximum atomic E-state index is 12.0. The van der Waals surface area contributed by atoms with Gasteiger partial charge < -0.3 is 19.7 Å². The van der Waals surface area contributed by atoms with E-state index in [0.717, 1.165) is 67.0 Å². The van der Waals surface area contributed by atoms with Crippen molar-refractivity contribution >= 4 is 23.2 Å². The zero-order valence-corrected chi connectivity index (χ0v) is 20.0. The number of carbonyl (C=O) groups excluding carboxylic acids is 1. The number of thiazole rings is 1. The lowest BCUT2D eigenvalue weighted by molar-refractivity contribution is 0.136. The maximum absolute atomic E-state index is 12.0. The molecule has 0 spiro atoms. The molecule has 1 aromatic carbocycles. The van der Waals surface area contributed by atoms with E-state index in [2.05, 4.69) is 45.5 Å². The Balaban J connectivity index is 1.10. The third kappa shape index (κ3) is 6.26. The lowest BCUT2D eigenvalue weighted by Crippen LogP contribution is -2.39. The molecule has 7 nitrogen and oxygen atoms in total. The van der Waals surface area contributed by atoms with Crippen molar-refractivity contribution in [2.45, 2.75) is 32.3 Å². The average molecular weight is 479 g/mol. The van der Waals surface area contributed by atoms with Crippen LogP contribution in [-0.4, -0.2) is 42.3 Å².